The van der Waals surface area contributed by atoms with E-state index < -0.39 is 0 Å². The minimum Gasteiger partial charge on any atom is -0.508 e. The maximum atomic E-state index is 11.8. The number of nitrogens with zero attached hydrogens (tertiary/aromatic N) is 1. The molecule has 0 aliphatic rings. The lowest BCUT2D eigenvalue weighted by atomic mass is 10.2. The van der Waals surface area contributed by atoms with Crippen LogP contribution in [0, 0.1) is 0 Å². The lowest BCUT2D eigenvalue weighted by Gasteiger charge is -2.07. The number of aromatic nitrogens is 1. The van der Waals surface area contributed by atoms with Gasteiger partial charge in [-0.2, -0.15) is 0 Å². The Hall–Kier alpha value is -2.07. The average Bonchev–Trinajstić information content (AvgIpc) is 2.34. The Morgan fingerprint density at radius 3 is 2.59 bits per heavy atom. The van der Waals surface area contributed by atoms with Gasteiger partial charge in [0.25, 0.3) is 5.91 Å². The standard InChI is InChI=1S/C12H9ClN2O2/c13-10-7-9(16)1-2-11(10)15-12(17)8-3-5-14-6-4-8/h1-7,16H,(H,15,17). The number of aromatic hydroxyl groups is 1. The van der Waals surface area contributed by atoms with Gasteiger partial charge in [0.15, 0.2) is 0 Å². The predicted octanol–water partition coefficient (Wildman–Crippen LogP) is 2.69. The summed E-state index contributed by atoms with van der Waals surface area (Å²) in [5.41, 5.74) is 0.940. The Bertz CT molecular complexity index is 543. The number of phenolic OH excluding ortho intramolecular Hbond substituents is 1. The Balaban J connectivity index is 2.19. The van der Waals surface area contributed by atoms with Crippen LogP contribution in [0.5, 0.6) is 5.75 Å². The summed E-state index contributed by atoms with van der Waals surface area (Å²) in [5, 5.41) is 12.1. The van der Waals surface area contributed by atoms with Crippen molar-refractivity contribution in [1.29, 1.82) is 0 Å². The second-order valence-electron chi connectivity index (χ2n) is 3.35. The van der Waals surface area contributed by atoms with E-state index in [4.69, 9.17) is 11.6 Å². The molecule has 0 radical (unpaired) electrons. The Morgan fingerprint density at radius 1 is 1.24 bits per heavy atom. The number of hydrogen-bond donors (Lipinski definition) is 2. The van der Waals surface area contributed by atoms with Crippen molar-refractivity contribution in [2.75, 3.05) is 5.32 Å². The first kappa shape index (κ1) is 11.4. The van der Waals surface area contributed by atoms with E-state index in [-0.39, 0.29) is 16.7 Å². The van der Waals surface area contributed by atoms with Crippen LogP contribution in [0.4, 0.5) is 5.69 Å². The number of hydrogen-bond acceptors (Lipinski definition) is 3. The maximum Gasteiger partial charge on any atom is 0.255 e. The highest BCUT2D eigenvalue weighted by atomic mass is 35.5. The molecular weight excluding hydrogens is 240 g/mol. The molecule has 2 rings (SSSR count). The molecule has 1 amide bonds. The van der Waals surface area contributed by atoms with E-state index in [1.165, 1.54) is 30.6 Å². The third-order valence-corrected chi connectivity index (χ3v) is 2.46. The lowest BCUT2D eigenvalue weighted by Crippen LogP contribution is -2.11. The predicted molar refractivity (Wildman–Crippen MR) is 65.3 cm³/mol. The molecule has 0 unspecified atom stereocenters. The van der Waals surface area contributed by atoms with Gasteiger partial charge in [-0.1, -0.05) is 11.6 Å². The summed E-state index contributed by atoms with van der Waals surface area (Å²) >= 11 is 5.87. The molecule has 0 atom stereocenters. The molecule has 0 bridgehead atoms. The summed E-state index contributed by atoms with van der Waals surface area (Å²) in [5.74, 6) is -0.225. The second kappa shape index (κ2) is 4.84. The number of nitrogens with one attached hydrogen (secondary N) is 1. The van der Waals surface area contributed by atoms with Crippen LogP contribution in [-0.4, -0.2) is 16.0 Å². The second-order valence-corrected chi connectivity index (χ2v) is 3.76. The highest BCUT2D eigenvalue weighted by molar-refractivity contribution is 6.34. The quantitative estimate of drug-likeness (QED) is 0.804. The molecule has 5 heteroatoms. The first-order chi connectivity index (χ1) is 8.16. The van der Waals surface area contributed by atoms with Gasteiger partial charge in [0.1, 0.15) is 5.75 Å². The van der Waals surface area contributed by atoms with Crippen molar-refractivity contribution in [2.24, 2.45) is 0 Å². The fourth-order valence-corrected chi connectivity index (χ4v) is 1.53. The van der Waals surface area contributed by atoms with E-state index in [9.17, 15) is 9.90 Å². The minimum absolute atomic E-state index is 0.0527. The fourth-order valence-electron chi connectivity index (χ4n) is 1.30. The van der Waals surface area contributed by atoms with Crippen LogP contribution in [-0.2, 0) is 0 Å². The molecule has 17 heavy (non-hydrogen) atoms. The zero-order valence-electron chi connectivity index (χ0n) is 8.72. The van der Waals surface area contributed by atoms with Crippen molar-refractivity contribution in [3.63, 3.8) is 0 Å². The summed E-state index contributed by atoms with van der Waals surface area (Å²) in [4.78, 5) is 15.6. The molecule has 0 aliphatic carbocycles. The Kier molecular flexibility index (Phi) is 3.25. The number of rotatable bonds is 2. The van der Waals surface area contributed by atoms with E-state index in [2.05, 4.69) is 10.3 Å². The van der Waals surface area contributed by atoms with Crippen LogP contribution in [0.1, 0.15) is 10.4 Å². The first-order valence-electron chi connectivity index (χ1n) is 4.87. The third-order valence-electron chi connectivity index (χ3n) is 2.14. The molecule has 1 heterocycles. The number of carbonyl (C=O) groups is 1. The van der Waals surface area contributed by atoms with Crippen LogP contribution < -0.4 is 5.32 Å². The van der Waals surface area contributed by atoms with Gasteiger partial charge in [-0.3, -0.25) is 9.78 Å². The monoisotopic (exact) mass is 248 g/mol. The van der Waals surface area contributed by atoms with Gasteiger partial charge in [-0.05, 0) is 24.3 Å². The molecule has 86 valence electrons. The van der Waals surface area contributed by atoms with Gasteiger partial charge in [-0.15, -0.1) is 0 Å². The van der Waals surface area contributed by atoms with Crippen LogP contribution in [0.2, 0.25) is 5.02 Å². The zero-order chi connectivity index (χ0) is 12.3. The molecule has 0 saturated heterocycles. The summed E-state index contributed by atoms with van der Waals surface area (Å²) in [6, 6.07) is 7.56. The highest BCUT2D eigenvalue weighted by Gasteiger charge is 2.08. The van der Waals surface area contributed by atoms with Gasteiger partial charge in [0.2, 0.25) is 0 Å². The minimum atomic E-state index is -0.278. The number of halogens is 1. The Labute approximate surface area is 103 Å². The van der Waals surface area contributed by atoms with Crippen LogP contribution >= 0.6 is 11.6 Å². The van der Waals surface area contributed by atoms with Crippen molar-refractivity contribution in [2.45, 2.75) is 0 Å². The van der Waals surface area contributed by atoms with Crippen LogP contribution in [0.3, 0.4) is 0 Å². The topological polar surface area (TPSA) is 62.2 Å². The molecule has 2 aromatic rings. The largest absolute Gasteiger partial charge is 0.508 e. The smallest absolute Gasteiger partial charge is 0.255 e. The van der Waals surface area contributed by atoms with E-state index in [1.807, 2.05) is 0 Å². The summed E-state index contributed by atoms with van der Waals surface area (Å²) in [6.07, 6.45) is 3.07. The summed E-state index contributed by atoms with van der Waals surface area (Å²) in [6.45, 7) is 0. The molecule has 0 spiro atoms. The van der Waals surface area contributed by atoms with Crippen molar-refractivity contribution in [1.82, 2.24) is 4.98 Å². The van der Waals surface area contributed by atoms with Crippen molar-refractivity contribution < 1.29 is 9.90 Å². The van der Waals surface area contributed by atoms with Crippen molar-refractivity contribution in [3.05, 3.63) is 53.3 Å². The fraction of sp³-hybridized carbons (Fsp3) is 0. The summed E-state index contributed by atoms with van der Waals surface area (Å²) < 4.78 is 0. The number of phenols is 1. The summed E-state index contributed by atoms with van der Waals surface area (Å²) in [7, 11) is 0. The molecule has 2 N–H and O–H groups in total. The number of pyridine rings is 1. The van der Waals surface area contributed by atoms with E-state index >= 15 is 0 Å². The van der Waals surface area contributed by atoms with Crippen LogP contribution in [0.25, 0.3) is 0 Å². The van der Waals surface area contributed by atoms with Gasteiger partial charge >= 0.3 is 0 Å². The van der Waals surface area contributed by atoms with Gasteiger partial charge in [0.05, 0.1) is 10.7 Å². The van der Waals surface area contributed by atoms with Crippen molar-refractivity contribution in [3.8, 4) is 5.75 Å². The Morgan fingerprint density at radius 2 is 1.94 bits per heavy atom. The van der Waals surface area contributed by atoms with Crippen molar-refractivity contribution >= 4 is 23.2 Å². The molecule has 1 aromatic carbocycles. The number of anilines is 1. The van der Waals surface area contributed by atoms with Gasteiger partial charge in [-0.25, -0.2) is 0 Å². The molecule has 1 aromatic heterocycles. The number of amides is 1. The SMILES string of the molecule is O=C(Nc1ccc(O)cc1Cl)c1ccncc1. The maximum absolute atomic E-state index is 11.8. The van der Waals surface area contributed by atoms with Gasteiger partial charge < -0.3 is 10.4 Å². The van der Waals surface area contributed by atoms with E-state index in [0.717, 1.165) is 0 Å². The third kappa shape index (κ3) is 2.73. The molecular formula is C12H9ClN2O2. The molecule has 0 aliphatic heterocycles. The van der Waals surface area contributed by atoms with Crippen LogP contribution in [0.15, 0.2) is 42.7 Å². The highest BCUT2D eigenvalue weighted by Crippen LogP contribution is 2.26. The molecule has 0 fully saturated rings. The normalized spacial score (nSPS) is 9.94. The molecule has 0 saturated carbocycles. The number of carbonyl (C=O) groups excluding carboxylic acids is 1. The first-order valence-corrected chi connectivity index (χ1v) is 5.24. The van der Waals surface area contributed by atoms with Gasteiger partial charge in [0, 0.05) is 24.0 Å². The van der Waals surface area contributed by atoms with E-state index in [1.54, 1.807) is 12.1 Å². The molecule has 4 nitrogen and oxygen atoms in total. The lowest BCUT2D eigenvalue weighted by molar-refractivity contribution is 0.102. The zero-order valence-corrected chi connectivity index (χ0v) is 9.48. The average molecular weight is 249 g/mol. The number of benzene rings is 1. The van der Waals surface area contributed by atoms with E-state index in [0.29, 0.717) is 11.3 Å².